The van der Waals surface area contributed by atoms with Gasteiger partial charge in [0.1, 0.15) is 11.9 Å². The molecule has 1 aliphatic heterocycles. The second-order valence-electron chi connectivity index (χ2n) is 7.01. The number of aromatic nitrogens is 1. The Balaban J connectivity index is 1.58. The summed E-state index contributed by atoms with van der Waals surface area (Å²) >= 11 is 0. The molecule has 1 aromatic heterocycles. The number of pyridine rings is 1. The number of amides is 2. The number of benzene rings is 1. The van der Waals surface area contributed by atoms with Crippen molar-refractivity contribution >= 4 is 11.7 Å². The van der Waals surface area contributed by atoms with E-state index in [1.165, 1.54) is 13.2 Å². The normalized spacial score (nSPS) is 14.4. The molecule has 1 aliphatic rings. The Morgan fingerprint density at radius 3 is 2.48 bits per heavy atom. The molecule has 1 aromatic carbocycles. The number of likely N-dealkylation sites (tertiary alicyclic amines) is 1. The number of para-hydroxylation sites is 1. The van der Waals surface area contributed by atoms with Gasteiger partial charge in [0.25, 0.3) is 5.56 Å². The van der Waals surface area contributed by atoms with E-state index in [0.29, 0.717) is 48.9 Å². The van der Waals surface area contributed by atoms with Gasteiger partial charge in [0.2, 0.25) is 0 Å². The van der Waals surface area contributed by atoms with Gasteiger partial charge in [0.15, 0.2) is 11.5 Å². The molecule has 2 aromatic rings. The average molecular weight is 401 g/mol. The summed E-state index contributed by atoms with van der Waals surface area (Å²) in [7, 11) is 4.82. The number of piperidine rings is 1. The van der Waals surface area contributed by atoms with Gasteiger partial charge in [-0.2, -0.15) is 0 Å². The molecule has 0 spiro atoms. The number of anilines is 1. The first-order chi connectivity index (χ1) is 13.9. The largest absolute Gasteiger partial charge is 0.493 e. The molecule has 0 bridgehead atoms. The van der Waals surface area contributed by atoms with Crippen LogP contribution in [-0.2, 0) is 7.05 Å². The smallest absolute Gasteiger partial charge is 0.321 e. The fraction of sp³-hybridized carbons (Fsp3) is 0.429. The van der Waals surface area contributed by atoms with E-state index in [-0.39, 0.29) is 17.7 Å². The van der Waals surface area contributed by atoms with E-state index in [1.54, 1.807) is 41.8 Å². The molecule has 0 unspecified atom stereocenters. The van der Waals surface area contributed by atoms with E-state index in [2.05, 4.69) is 5.32 Å². The molecule has 156 valence electrons. The number of urea groups is 1. The highest BCUT2D eigenvalue weighted by atomic mass is 16.5. The minimum absolute atomic E-state index is 0.0306. The lowest BCUT2D eigenvalue weighted by molar-refractivity contribution is 0.115. The fourth-order valence-electron chi connectivity index (χ4n) is 3.35. The lowest BCUT2D eigenvalue weighted by Gasteiger charge is -2.32. The van der Waals surface area contributed by atoms with Crippen LogP contribution in [0.15, 0.2) is 35.1 Å². The van der Waals surface area contributed by atoms with Crippen molar-refractivity contribution in [3.05, 3.63) is 46.4 Å². The van der Waals surface area contributed by atoms with E-state index in [4.69, 9.17) is 14.2 Å². The first-order valence-electron chi connectivity index (χ1n) is 9.54. The van der Waals surface area contributed by atoms with Crippen molar-refractivity contribution in [2.24, 2.45) is 7.05 Å². The first kappa shape index (κ1) is 20.6. The molecule has 1 fully saturated rings. The number of nitrogens with zero attached hydrogens (tertiary/aromatic N) is 2. The maximum absolute atomic E-state index is 12.7. The zero-order chi connectivity index (χ0) is 21.0. The van der Waals surface area contributed by atoms with Crippen molar-refractivity contribution in [3.8, 4) is 17.2 Å². The van der Waals surface area contributed by atoms with E-state index in [0.717, 1.165) is 5.69 Å². The molecule has 2 heterocycles. The summed E-state index contributed by atoms with van der Waals surface area (Å²) in [4.78, 5) is 26.3. The summed E-state index contributed by atoms with van der Waals surface area (Å²) in [6.45, 7) is 2.99. The van der Waals surface area contributed by atoms with Crippen molar-refractivity contribution in [2.75, 3.05) is 32.6 Å². The van der Waals surface area contributed by atoms with Gasteiger partial charge in [-0.25, -0.2) is 4.79 Å². The summed E-state index contributed by atoms with van der Waals surface area (Å²) in [5, 5.41) is 2.89. The Morgan fingerprint density at radius 2 is 1.86 bits per heavy atom. The molecule has 8 nitrogen and oxygen atoms in total. The molecule has 8 heteroatoms. The third-order valence-corrected chi connectivity index (χ3v) is 5.15. The molecule has 3 rings (SSSR count). The maximum atomic E-state index is 12.7. The predicted octanol–water partition coefficient (Wildman–Crippen LogP) is 2.79. The number of methoxy groups -OCH3 is 2. The minimum atomic E-state index is -0.195. The standard InChI is InChI=1S/C21H27N3O5/c1-14-12-16(13-19(25)23(14)2)29-15-8-10-24(11-9-15)21(26)22-17-6-5-7-18(27-3)20(17)28-4/h5-7,12-13,15H,8-11H2,1-4H3,(H,22,26). The summed E-state index contributed by atoms with van der Waals surface area (Å²) in [6.07, 6.45) is 1.35. The number of carbonyl (C=O) groups excluding carboxylic acids is 1. The van der Waals surface area contributed by atoms with Gasteiger partial charge < -0.3 is 29.0 Å². The Bertz CT molecular complexity index is 932. The van der Waals surface area contributed by atoms with Crippen LogP contribution in [0.1, 0.15) is 18.5 Å². The summed E-state index contributed by atoms with van der Waals surface area (Å²) < 4.78 is 18.2. The lowest BCUT2D eigenvalue weighted by Crippen LogP contribution is -2.43. The molecular formula is C21H27N3O5. The molecule has 0 atom stereocenters. The molecule has 0 aliphatic carbocycles. The van der Waals surface area contributed by atoms with Gasteiger partial charge in [-0.05, 0) is 25.1 Å². The van der Waals surface area contributed by atoms with E-state index < -0.39 is 0 Å². The topological polar surface area (TPSA) is 82.0 Å². The van der Waals surface area contributed by atoms with Crippen LogP contribution in [0.2, 0.25) is 0 Å². The third kappa shape index (κ3) is 4.64. The van der Waals surface area contributed by atoms with Gasteiger partial charge in [-0.15, -0.1) is 0 Å². The number of carbonyl (C=O) groups is 1. The first-order valence-corrected chi connectivity index (χ1v) is 9.54. The van der Waals surface area contributed by atoms with Gasteiger partial charge in [0.05, 0.1) is 19.9 Å². The van der Waals surface area contributed by atoms with Crippen molar-refractivity contribution in [1.29, 1.82) is 0 Å². The van der Waals surface area contributed by atoms with Crippen LogP contribution in [0.25, 0.3) is 0 Å². The van der Waals surface area contributed by atoms with Crippen molar-refractivity contribution in [2.45, 2.75) is 25.9 Å². The van der Waals surface area contributed by atoms with Crippen molar-refractivity contribution in [3.63, 3.8) is 0 Å². The van der Waals surface area contributed by atoms with Crippen LogP contribution in [0, 0.1) is 6.92 Å². The Hall–Kier alpha value is -3.16. The number of aryl methyl sites for hydroxylation is 1. The van der Waals surface area contributed by atoms with Crippen LogP contribution in [0.4, 0.5) is 10.5 Å². The summed E-state index contributed by atoms with van der Waals surface area (Å²) in [6, 6.07) is 8.50. The number of ether oxygens (including phenoxy) is 3. The molecule has 1 N–H and O–H groups in total. The highest BCUT2D eigenvalue weighted by Crippen LogP contribution is 2.35. The van der Waals surface area contributed by atoms with Gasteiger partial charge in [-0.3, -0.25) is 4.79 Å². The molecule has 29 heavy (non-hydrogen) atoms. The van der Waals surface area contributed by atoms with Crippen LogP contribution in [0.5, 0.6) is 17.2 Å². The predicted molar refractivity (Wildman–Crippen MR) is 110 cm³/mol. The maximum Gasteiger partial charge on any atom is 0.321 e. The number of nitrogens with one attached hydrogen (secondary N) is 1. The lowest BCUT2D eigenvalue weighted by atomic mass is 10.1. The van der Waals surface area contributed by atoms with Crippen LogP contribution >= 0.6 is 0 Å². The minimum Gasteiger partial charge on any atom is -0.493 e. The van der Waals surface area contributed by atoms with Crippen LogP contribution in [0.3, 0.4) is 0 Å². The Kier molecular flexibility index (Phi) is 6.31. The van der Waals surface area contributed by atoms with Crippen LogP contribution < -0.4 is 25.1 Å². The van der Waals surface area contributed by atoms with Gasteiger partial charge >= 0.3 is 6.03 Å². The highest BCUT2D eigenvalue weighted by Gasteiger charge is 2.25. The second kappa shape index (κ2) is 8.89. The fourth-order valence-corrected chi connectivity index (χ4v) is 3.35. The molecule has 0 radical (unpaired) electrons. The van der Waals surface area contributed by atoms with E-state index in [9.17, 15) is 9.59 Å². The van der Waals surface area contributed by atoms with E-state index in [1.807, 2.05) is 13.0 Å². The molecular weight excluding hydrogens is 374 g/mol. The molecule has 1 saturated heterocycles. The molecule has 2 amide bonds. The summed E-state index contributed by atoms with van der Waals surface area (Å²) in [5.74, 6) is 1.62. The average Bonchev–Trinajstić information content (AvgIpc) is 2.72. The SMILES string of the molecule is COc1cccc(NC(=O)N2CCC(Oc3cc(C)n(C)c(=O)c3)CC2)c1OC. The number of hydrogen-bond donors (Lipinski definition) is 1. The van der Waals surface area contributed by atoms with E-state index >= 15 is 0 Å². The monoisotopic (exact) mass is 401 g/mol. The third-order valence-electron chi connectivity index (χ3n) is 5.15. The second-order valence-corrected chi connectivity index (χ2v) is 7.01. The Morgan fingerprint density at radius 1 is 1.14 bits per heavy atom. The zero-order valence-corrected chi connectivity index (χ0v) is 17.2. The zero-order valence-electron chi connectivity index (χ0n) is 17.2. The van der Waals surface area contributed by atoms with Gasteiger partial charge in [-0.1, -0.05) is 6.07 Å². The Labute approximate surface area is 170 Å². The molecule has 0 saturated carbocycles. The van der Waals surface area contributed by atoms with Gasteiger partial charge in [0, 0.05) is 44.7 Å². The quantitative estimate of drug-likeness (QED) is 0.833. The van der Waals surface area contributed by atoms with Crippen molar-refractivity contribution < 1.29 is 19.0 Å². The van der Waals surface area contributed by atoms with Crippen LogP contribution in [-0.4, -0.2) is 48.9 Å². The number of rotatable bonds is 5. The highest BCUT2D eigenvalue weighted by molar-refractivity contribution is 5.91. The summed E-state index contributed by atoms with van der Waals surface area (Å²) in [5.41, 5.74) is 1.31. The van der Waals surface area contributed by atoms with Crippen molar-refractivity contribution in [1.82, 2.24) is 9.47 Å². The number of hydrogen-bond acceptors (Lipinski definition) is 5.